The van der Waals surface area contributed by atoms with Crippen molar-refractivity contribution in [2.24, 2.45) is 0 Å². The van der Waals surface area contributed by atoms with E-state index in [2.05, 4.69) is 25.8 Å². The summed E-state index contributed by atoms with van der Waals surface area (Å²) >= 11 is 0. The Bertz CT molecular complexity index is 666. The largest absolute Gasteiger partial charge is 0.433 e. The number of amides is 2. The van der Waals surface area contributed by atoms with Gasteiger partial charge < -0.3 is 10.6 Å². The quantitative estimate of drug-likeness (QED) is 0.807. The van der Waals surface area contributed by atoms with E-state index >= 15 is 0 Å². The van der Waals surface area contributed by atoms with Gasteiger partial charge in [0.05, 0.1) is 17.6 Å². The summed E-state index contributed by atoms with van der Waals surface area (Å²) in [5, 5.41) is 12.0. The molecule has 3 N–H and O–H groups in total. The number of nitrogens with one attached hydrogen (secondary N) is 3. The van der Waals surface area contributed by atoms with Crippen LogP contribution in [0.25, 0.3) is 0 Å². The first-order valence-corrected chi connectivity index (χ1v) is 6.85. The van der Waals surface area contributed by atoms with Gasteiger partial charge in [-0.15, -0.1) is 0 Å². The first-order chi connectivity index (χ1) is 10.7. The highest BCUT2D eigenvalue weighted by atomic mass is 19.4. The lowest BCUT2D eigenvalue weighted by Crippen LogP contribution is -2.37. The summed E-state index contributed by atoms with van der Waals surface area (Å²) in [7, 11) is 0. The number of H-pyrrole nitrogens is 1. The molecule has 0 radical (unpaired) electrons. The molecule has 2 heterocycles. The molecule has 2 rings (SSSR count). The van der Waals surface area contributed by atoms with Crippen molar-refractivity contribution in [1.82, 2.24) is 20.5 Å². The zero-order valence-corrected chi connectivity index (χ0v) is 12.5. The van der Waals surface area contributed by atoms with Crippen LogP contribution in [0, 0.1) is 6.92 Å². The van der Waals surface area contributed by atoms with Crippen molar-refractivity contribution in [2.75, 3.05) is 5.32 Å². The molecule has 0 aliphatic rings. The van der Waals surface area contributed by atoms with Crippen molar-refractivity contribution >= 4 is 11.7 Å². The normalized spacial score (nSPS) is 12.7. The maximum atomic E-state index is 12.4. The van der Waals surface area contributed by atoms with Crippen LogP contribution in [0.1, 0.15) is 24.0 Å². The maximum Gasteiger partial charge on any atom is 0.433 e. The molecular formula is C14H16F3N5O. The van der Waals surface area contributed by atoms with Gasteiger partial charge in [0.1, 0.15) is 5.69 Å². The molecule has 0 saturated carbocycles. The fourth-order valence-corrected chi connectivity index (χ4v) is 1.97. The fourth-order valence-electron chi connectivity index (χ4n) is 1.97. The van der Waals surface area contributed by atoms with Crippen LogP contribution in [-0.2, 0) is 12.6 Å². The number of rotatable bonds is 4. The summed E-state index contributed by atoms with van der Waals surface area (Å²) in [6.07, 6.45) is -3.01. The minimum absolute atomic E-state index is 0.179. The van der Waals surface area contributed by atoms with E-state index in [1.165, 1.54) is 0 Å². The molecule has 2 amide bonds. The third kappa shape index (κ3) is 4.97. The minimum Gasteiger partial charge on any atom is -0.335 e. The fraction of sp³-hybridized carbons (Fsp3) is 0.357. The van der Waals surface area contributed by atoms with E-state index in [-0.39, 0.29) is 11.7 Å². The average Bonchev–Trinajstić information content (AvgIpc) is 2.83. The number of nitrogens with zero attached hydrogens (tertiary/aromatic N) is 2. The molecule has 1 atom stereocenters. The van der Waals surface area contributed by atoms with Crippen LogP contribution in [0.5, 0.6) is 0 Å². The molecule has 0 spiro atoms. The Morgan fingerprint density at radius 1 is 1.39 bits per heavy atom. The highest BCUT2D eigenvalue weighted by molar-refractivity contribution is 5.89. The number of pyridine rings is 1. The molecular weight excluding hydrogens is 311 g/mol. The van der Waals surface area contributed by atoms with Gasteiger partial charge in [-0.2, -0.15) is 18.3 Å². The number of aromatic amines is 1. The summed E-state index contributed by atoms with van der Waals surface area (Å²) in [5.74, 6) is 0. The molecule has 0 bridgehead atoms. The van der Waals surface area contributed by atoms with Crippen LogP contribution in [-0.4, -0.2) is 27.3 Å². The van der Waals surface area contributed by atoms with Crippen molar-refractivity contribution in [3.8, 4) is 0 Å². The highest BCUT2D eigenvalue weighted by Crippen LogP contribution is 2.27. The minimum atomic E-state index is -4.50. The molecule has 124 valence electrons. The van der Waals surface area contributed by atoms with Gasteiger partial charge in [0.25, 0.3) is 0 Å². The zero-order valence-electron chi connectivity index (χ0n) is 12.5. The molecule has 2 aromatic heterocycles. The Balaban J connectivity index is 1.86. The van der Waals surface area contributed by atoms with Crippen molar-refractivity contribution in [3.05, 3.63) is 41.5 Å². The summed E-state index contributed by atoms with van der Waals surface area (Å²) in [5.41, 5.74) is 0.906. The Kier molecular flexibility index (Phi) is 4.87. The van der Waals surface area contributed by atoms with Crippen molar-refractivity contribution in [1.29, 1.82) is 0 Å². The lowest BCUT2D eigenvalue weighted by molar-refractivity contribution is -0.141. The summed E-state index contributed by atoms with van der Waals surface area (Å²) in [4.78, 5) is 15.1. The molecule has 1 unspecified atom stereocenters. The molecule has 23 heavy (non-hydrogen) atoms. The van der Waals surface area contributed by atoms with Crippen LogP contribution < -0.4 is 10.6 Å². The zero-order chi connectivity index (χ0) is 17.0. The summed E-state index contributed by atoms with van der Waals surface area (Å²) in [6, 6.07) is 3.12. The van der Waals surface area contributed by atoms with Crippen LogP contribution in [0.4, 0.5) is 23.7 Å². The monoisotopic (exact) mass is 327 g/mol. The Labute approximate surface area is 130 Å². The Morgan fingerprint density at radius 2 is 2.13 bits per heavy atom. The lowest BCUT2D eigenvalue weighted by atomic mass is 10.2. The SMILES string of the molecule is Cc1cc(CC(C)NC(=O)Nc2ccc(C(F)(F)F)nc2)n[nH]1. The van der Waals surface area contributed by atoms with Gasteiger partial charge in [-0.3, -0.25) is 5.10 Å². The van der Waals surface area contributed by atoms with E-state index in [1.807, 2.05) is 13.0 Å². The second kappa shape index (κ2) is 6.67. The number of anilines is 1. The number of hydrogen-bond donors (Lipinski definition) is 3. The van der Waals surface area contributed by atoms with E-state index in [0.717, 1.165) is 29.7 Å². The second-order valence-corrected chi connectivity index (χ2v) is 5.18. The number of aromatic nitrogens is 3. The van der Waals surface area contributed by atoms with E-state index in [9.17, 15) is 18.0 Å². The van der Waals surface area contributed by atoms with Gasteiger partial charge in [0.15, 0.2) is 0 Å². The average molecular weight is 327 g/mol. The van der Waals surface area contributed by atoms with E-state index in [0.29, 0.717) is 6.42 Å². The van der Waals surface area contributed by atoms with Crippen molar-refractivity contribution < 1.29 is 18.0 Å². The predicted molar refractivity (Wildman–Crippen MR) is 77.9 cm³/mol. The Morgan fingerprint density at radius 3 is 2.65 bits per heavy atom. The van der Waals surface area contributed by atoms with Gasteiger partial charge in [-0.1, -0.05) is 0 Å². The standard InChI is InChI=1S/C14H16F3N5O/c1-8(5-11-6-9(2)21-22-11)19-13(23)20-10-3-4-12(18-7-10)14(15,16)17/h3-4,6-8H,5H2,1-2H3,(H,21,22)(H2,19,20,23). The molecule has 2 aromatic rings. The third-order valence-corrected chi connectivity index (χ3v) is 2.96. The molecule has 0 aliphatic heterocycles. The molecule has 0 aliphatic carbocycles. The third-order valence-electron chi connectivity index (χ3n) is 2.96. The number of carbonyl (C=O) groups excluding carboxylic acids is 1. The van der Waals surface area contributed by atoms with Crippen LogP contribution in [0.3, 0.4) is 0 Å². The van der Waals surface area contributed by atoms with Gasteiger partial charge in [0.2, 0.25) is 0 Å². The summed E-state index contributed by atoms with van der Waals surface area (Å²) < 4.78 is 37.2. The lowest BCUT2D eigenvalue weighted by Gasteiger charge is -2.13. The maximum absolute atomic E-state index is 12.4. The molecule has 0 saturated heterocycles. The van der Waals surface area contributed by atoms with Crippen molar-refractivity contribution in [2.45, 2.75) is 32.5 Å². The van der Waals surface area contributed by atoms with Crippen molar-refractivity contribution in [3.63, 3.8) is 0 Å². The van der Waals surface area contributed by atoms with E-state index in [1.54, 1.807) is 6.92 Å². The topological polar surface area (TPSA) is 82.7 Å². The molecule has 0 fully saturated rings. The van der Waals surface area contributed by atoms with Gasteiger partial charge in [-0.25, -0.2) is 9.78 Å². The van der Waals surface area contributed by atoms with Crippen LogP contribution in [0.2, 0.25) is 0 Å². The molecule has 0 aromatic carbocycles. The first kappa shape index (κ1) is 16.8. The van der Waals surface area contributed by atoms with Gasteiger partial charge in [0, 0.05) is 18.2 Å². The number of hydrogen-bond acceptors (Lipinski definition) is 3. The van der Waals surface area contributed by atoms with E-state index in [4.69, 9.17) is 0 Å². The predicted octanol–water partition coefficient (Wildman–Crippen LogP) is 2.88. The first-order valence-electron chi connectivity index (χ1n) is 6.85. The van der Waals surface area contributed by atoms with E-state index < -0.39 is 17.9 Å². The number of aryl methyl sites for hydroxylation is 1. The number of urea groups is 1. The Hall–Kier alpha value is -2.58. The van der Waals surface area contributed by atoms with Crippen LogP contribution in [0.15, 0.2) is 24.4 Å². The number of halogens is 3. The smallest absolute Gasteiger partial charge is 0.335 e. The number of carbonyl (C=O) groups is 1. The highest BCUT2D eigenvalue weighted by Gasteiger charge is 2.32. The van der Waals surface area contributed by atoms with Crippen LogP contribution >= 0.6 is 0 Å². The molecule has 9 heteroatoms. The second-order valence-electron chi connectivity index (χ2n) is 5.18. The number of alkyl halides is 3. The van der Waals surface area contributed by atoms with Gasteiger partial charge in [-0.05, 0) is 32.0 Å². The summed E-state index contributed by atoms with van der Waals surface area (Å²) in [6.45, 7) is 3.67. The molecule has 6 nitrogen and oxygen atoms in total. The van der Waals surface area contributed by atoms with Gasteiger partial charge >= 0.3 is 12.2 Å².